The van der Waals surface area contributed by atoms with Gasteiger partial charge in [-0.25, -0.2) is 0 Å². The zero-order chi connectivity index (χ0) is 11.1. The summed E-state index contributed by atoms with van der Waals surface area (Å²) < 4.78 is 0. The summed E-state index contributed by atoms with van der Waals surface area (Å²) in [5.74, 6) is 0. The molecule has 0 unspecified atom stereocenters. The number of aryl methyl sites for hydroxylation is 2. The third kappa shape index (κ3) is 2.03. The molecule has 0 heterocycles. The van der Waals surface area contributed by atoms with E-state index in [9.17, 15) is 5.11 Å². The summed E-state index contributed by atoms with van der Waals surface area (Å²) in [6.45, 7) is 3.98. The Kier molecular flexibility index (Phi) is 2.28. The standard InChI is InChI=1S/C13H15NO/c1-9-5-10(2)12(8-14)6-11(9)7-13(15)3-4-13/h5-6,15H,3-4,7H2,1-2H3. The molecule has 0 saturated heterocycles. The highest BCUT2D eigenvalue weighted by Gasteiger charge is 2.40. The Morgan fingerprint density at radius 2 is 2.00 bits per heavy atom. The van der Waals surface area contributed by atoms with E-state index in [0.29, 0.717) is 6.42 Å². The predicted molar refractivity (Wildman–Crippen MR) is 58.5 cm³/mol. The first-order valence-electron chi connectivity index (χ1n) is 5.27. The molecule has 15 heavy (non-hydrogen) atoms. The van der Waals surface area contributed by atoms with Gasteiger partial charge < -0.3 is 5.11 Å². The average Bonchev–Trinajstić information content (AvgIpc) is 2.89. The van der Waals surface area contributed by atoms with E-state index in [2.05, 4.69) is 6.07 Å². The van der Waals surface area contributed by atoms with Gasteiger partial charge >= 0.3 is 0 Å². The molecular formula is C13H15NO. The molecule has 2 nitrogen and oxygen atoms in total. The van der Waals surface area contributed by atoms with Crippen molar-refractivity contribution in [2.24, 2.45) is 0 Å². The number of rotatable bonds is 2. The van der Waals surface area contributed by atoms with Crippen LogP contribution < -0.4 is 0 Å². The molecule has 1 aromatic carbocycles. The molecule has 0 bridgehead atoms. The molecule has 0 amide bonds. The van der Waals surface area contributed by atoms with Crippen molar-refractivity contribution in [2.45, 2.75) is 38.7 Å². The normalized spacial score (nSPS) is 17.2. The van der Waals surface area contributed by atoms with E-state index in [4.69, 9.17) is 5.26 Å². The third-order valence-corrected chi connectivity index (χ3v) is 3.15. The van der Waals surface area contributed by atoms with Gasteiger partial charge in [0.05, 0.1) is 17.2 Å². The molecule has 0 spiro atoms. The molecule has 1 aliphatic rings. The maximum absolute atomic E-state index is 9.86. The topological polar surface area (TPSA) is 44.0 Å². The number of nitriles is 1. The van der Waals surface area contributed by atoms with Gasteiger partial charge in [-0.05, 0) is 49.4 Å². The van der Waals surface area contributed by atoms with Gasteiger partial charge in [0.25, 0.3) is 0 Å². The minimum absolute atomic E-state index is 0.479. The Morgan fingerprint density at radius 3 is 2.53 bits per heavy atom. The van der Waals surface area contributed by atoms with Crippen molar-refractivity contribution in [3.63, 3.8) is 0 Å². The molecule has 2 heteroatoms. The van der Waals surface area contributed by atoms with Crippen LogP contribution in [0.25, 0.3) is 0 Å². The van der Waals surface area contributed by atoms with E-state index in [-0.39, 0.29) is 0 Å². The second kappa shape index (κ2) is 3.36. The zero-order valence-corrected chi connectivity index (χ0v) is 9.17. The monoisotopic (exact) mass is 201 g/mol. The van der Waals surface area contributed by atoms with Gasteiger partial charge in [-0.2, -0.15) is 5.26 Å². The molecule has 1 N–H and O–H groups in total. The van der Waals surface area contributed by atoms with Gasteiger partial charge in [-0.1, -0.05) is 6.07 Å². The molecule has 0 aromatic heterocycles. The lowest BCUT2D eigenvalue weighted by Gasteiger charge is -2.12. The Balaban J connectivity index is 2.35. The molecular weight excluding hydrogens is 186 g/mol. The van der Waals surface area contributed by atoms with Crippen molar-refractivity contribution in [2.75, 3.05) is 0 Å². The maximum atomic E-state index is 9.86. The minimum atomic E-state index is -0.479. The second-order valence-electron chi connectivity index (χ2n) is 4.61. The average molecular weight is 201 g/mol. The third-order valence-electron chi connectivity index (χ3n) is 3.15. The quantitative estimate of drug-likeness (QED) is 0.797. The van der Waals surface area contributed by atoms with Gasteiger partial charge in [-0.3, -0.25) is 0 Å². The first-order chi connectivity index (χ1) is 7.04. The van der Waals surface area contributed by atoms with Crippen molar-refractivity contribution in [1.82, 2.24) is 0 Å². The fourth-order valence-electron chi connectivity index (χ4n) is 1.88. The number of hydrogen-bond donors (Lipinski definition) is 1. The van der Waals surface area contributed by atoms with Crippen molar-refractivity contribution < 1.29 is 5.11 Å². The molecule has 1 fully saturated rings. The molecule has 0 atom stereocenters. The van der Waals surface area contributed by atoms with Gasteiger partial charge in [0, 0.05) is 6.42 Å². The fraction of sp³-hybridized carbons (Fsp3) is 0.462. The molecule has 78 valence electrons. The smallest absolute Gasteiger partial charge is 0.0994 e. The van der Waals surface area contributed by atoms with Crippen LogP contribution in [-0.2, 0) is 6.42 Å². The van der Waals surface area contributed by atoms with Gasteiger partial charge in [0.1, 0.15) is 0 Å². The number of nitrogens with zero attached hydrogens (tertiary/aromatic N) is 1. The molecule has 1 aliphatic carbocycles. The minimum Gasteiger partial charge on any atom is -0.390 e. The van der Waals surface area contributed by atoms with Gasteiger partial charge in [0.2, 0.25) is 0 Å². The van der Waals surface area contributed by atoms with Crippen LogP contribution in [0.1, 0.15) is 35.1 Å². The van der Waals surface area contributed by atoms with Crippen LogP contribution in [0.4, 0.5) is 0 Å². The van der Waals surface area contributed by atoms with E-state index in [1.807, 2.05) is 26.0 Å². The Morgan fingerprint density at radius 1 is 1.33 bits per heavy atom. The lowest BCUT2D eigenvalue weighted by atomic mass is 9.96. The van der Waals surface area contributed by atoms with Crippen molar-refractivity contribution in [1.29, 1.82) is 5.26 Å². The second-order valence-corrected chi connectivity index (χ2v) is 4.61. The van der Waals surface area contributed by atoms with Crippen LogP contribution in [0.15, 0.2) is 12.1 Å². The van der Waals surface area contributed by atoms with E-state index in [1.165, 1.54) is 5.56 Å². The van der Waals surface area contributed by atoms with Crippen LogP contribution in [0.5, 0.6) is 0 Å². The highest BCUT2D eigenvalue weighted by Crippen LogP contribution is 2.39. The van der Waals surface area contributed by atoms with Crippen LogP contribution in [0.2, 0.25) is 0 Å². The van der Waals surface area contributed by atoms with Gasteiger partial charge in [0.15, 0.2) is 0 Å². The predicted octanol–water partition coefficient (Wildman–Crippen LogP) is 2.24. The SMILES string of the molecule is Cc1cc(C)c(CC2(O)CC2)cc1C#N. The molecule has 1 aromatic rings. The number of hydrogen-bond acceptors (Lipinski definition) is 2. The fourth-order valence-corrected chi connectivity index (χ4v) is 1.88. The molecule has 0 radical (unpaired) electrons. The highest BCUT2D eigenvalue weighted by atomic mass is 16.3. The summed E-state index contributed by atoms with van der Waals surface area (Å²) in [4.78, 5) is 0. The summed E-state index contributed by atoms with van der Waals surface area (Å²) in [7, 11) is 0. The summed E-state index contributed by atoms with van der Waals surface area (Å²) in [5, 5.41) is 18.8. The Hall–Kier alpha value is -1.33. The van der Waals surface area contributed by atoms with Crippen LogP contribution in [0, 0.1) is 25.2 Å². The molecule has 0 aliphatic heterocycles. The number of aliphatic hydroxyl groups is 1. The van der Waals surface area contributed by atoms with Crippen molar-refractivity contribution >= 4 is 0 Å². The maximum Gasteiger partial charge on any atom is 0.0994 e. The summed E-state index contributed by atoms with van der Waals surface area (Å²) in [5.41, 5.74) is 3.54. The zero-order valence-electron chi connectivity index (χ0n) is 9.17. The molecule has 1 saturated carbocycles. The first kappa shape index (κ1) is 10.2. The van der Waals surface area contributed by atoms with Crippen LogP contribution >= 0.6 is 0 Å². The van der Waals surface area contributed by atoms with Crippen molar-refractivity contribution in [3.8, 4) is 6.07 Å². The first-order valence-corrected chi connectivity index (χ1v) is 5.27. The van der Waals surface area contributed by atoms with Crippen LogP contribution in [0.3, 0.4) is 0 Å². The lowest BCUT2D eigenvalue weighted by Crippen LogP contribution is -2.12. The van der Waals surface area contributed by atoms with E-state index in [0.717, 1.165) is 29.5 Å². The Labute approximate surface area is 90.2 Å². The number of benzene rings is 1. The van der Waals surface area contributed by atoms with E-state index < -0.39 is 5.60 Å². The van der Waals surface area contributed by atoms with E-state index >= 15 is 0 Å². The largest absolute Gasteiger partial charge is 0.390 e. The summed E-state index contributed by atoms with van der Waals surface area (Å²) >= 11 is 0. The Bertz CT molecular complexity index is 439. The lowest BCUT2D eigenvalue weighted by molar-refractivity contribution is 0.151. The van der Waals surface area contributed by atoms with E-state index in [1.54, 1.807) is 0 Å². The highest BCUT2D eigenvalue weighted by molar-refractivity contribution is 5.44. The van der Waals surface area contributed by atoms with Crippen molar-refractivity contribution in [3.05, 3.63) is 34.4 Å². The summed E-state index contributed by atoms with van der Waals surface area (Å²) in [6.07, 6.45) is 2.47. The van der Waals surface area contributed by atoms with Crippen LogP contribution in [-0.4, -0.2) is 10.7 Å². The summed E-state index contributed by atoms with van der Waals surface area (Å²) in [6, 6.07) is 6.13. The van der Waals surface area contributed by atoms with Gasteiger partial charge in [-0.15, -0.1) is 0 Å². The molecule has 2 rings (SSSR count).